The van der Waals surface area contributed by atoms with Crippen LogP contribution in [0.15, 0.2) is 11.2 Å². The second-order valence-corrected chi connectivity index (χ2v) is 5.76. The summed E-state index contributed by atoms with van der Waals surface area (Å²) in [6.45, 7) is 3.77. The van der Waals surface area contributed by atoms with Crippen molar-refractivity contribution in [3.05, 3.63) is 16.9 Å². The minimum absolute atomic E-state index is 0.358. The number of aryl methyl sites for hydroxylation is 1. The molecular formula is C10H14ClN3OS. The van der Waals surface area contributed by atoms with Crippen LogP contribution in [0.25, 0.3) is 0 Å². The zero-order valence-electron chi connectivity index (χ0n) is 9.07. The van der Waals surface area contributed by atoms with Gasteiger partial charge >= 0.3 is 0 Å². The number of halogens is 1. The van der Waals surface area contributed by atoms with Crippen LogP contribution in [0.2, 0.25) is 5.15 Å². The van der Waals surface area contributed by atoms with Crippen LogP contribution < -0.4 is 5.32 Å². The highest BCUT2D eigenvalue weighted by atomic mass is 35.5. The second kappa shape index (κ2) is 5.21. The van der Waals surface area contributed by atoms with Crippen molar-refractivity contribution in [3.63, 3.8) is 0 Å². The van der Waals surface area contributed by atoms with Gasteiger partial charge in [0, 0.05) is 11.4 Å². The topological polar surface area (TPSA) is 54.9 Å². The van der Waals surface area contributed by atoms with Gasteiger partial charge < -0.3 is 5.32 Å². The fourth-order valence-electron chi connectivity index (χ4n) is 1.75. The Labute approximate surface area is 102 Å². The van der Waals surface area contributed by atoms with E-state index in [1.807, 2.05) is 6.92 Å². The summed E-state index contributed by atoms with van der Waals surface area (Å²) in [7, 11) is -1.14. The quantitative estimate of drug-likeness (QED) is 0.654. The number of nitrogens with one attached hydrogen (secondary N) is 1. The van der Waals surface area contributed by atoms with Gasteiger partial charge in [0.2, 0.25) is 5.16 Å². The van der Waals surface area contributed by atoms with Crippen molar-refractivity contribution in [3.8, 4) is 0 Å². The summed E-state index contributed by atoms with van der Waals surface area (Å²) in [4.78, 5) is 8.17. The molecule has 0 saturated carbocycles. The van der Waals surface area contributed by atoms with E-state index < -0.39 is 10.8 Å². The van der Waals surface area contributed by atoms with Crippen LogP contribution in [0.5, 0.6) is 0 Å². The summed E-state index contributed by atoms with van der Waals surface area (Å²) in [5.74, 6) is 1.08. The molecule has 1 N–H and O–H groups in total. The number of hydrogen-bond acceptors (Lipinski definition) is 4. The van der Waals surface area contributed by atoms with Gasteiger partial charge in [0.05, 0.1) is 10.8 Å². The molecule has 0 bridgehead atoms. The molecule has 0 aliphatic carbocycles. The summed E-state index contributed by atoms with van der Waals surface area (Å²) < 4.78 is 12.0. The van der Waals surface area contributed by atoms with E-state index in [1.165, 1.54) is 0 Å². The first kappa shape index (κ1) is 12.0. The third kappa shape index (κ3) is 2.99. The smallest absolute Gasteiger partial charge is 0.220 e. The molecule has 16 heavy (non-hydrogen) atoms. The van der Waals surface area contributed by atoms with Crippen molar-refractivity contribution < 1.29 is 4.21 Å². The highest BCUT2D eigenvalue weighted by molar-refractivity contribution is 7.84. The molecule has 88 valence electrons. The molecule has 2 rings (SSSR count). The van der Waals surface area contributed by atoms with Gasteiger partial charge in [0.1, 0.15) is 5.15 Å². The fraction of sp³-hybridized carbons (Fsp3) is 0.600. The van der Waals surface area contributed by atoms with Gasteiger partial charge in [-0.05, 0) is 38.4 Å². The van der Waals surface area contributed by atoms with Crippen LogP contribution in [0.1, 0.15) is 12.1 Å². The average molecular weight is 260 g/mol. The Morgan fingerprint density at radius 1 is 1.62 bits per heavy atom. The van der Waals surface area contributed by atoms with Crippen LogP contribution in [0, 0.1) is 12.8 Å². The molecule has 0 amide bonds. The molecule has 0 aromatic carbocycles. The van der Waals surface area contributed by atoms with Gasteiger partial charge in [0.25, 0.3) is 0 Å². The lowest BCUT2D eigenvalue weighted by atomic mass is 10.2. The van der Waals surface area contributed by atoms with Gasteiger partial charge in [-0.3, -0.25) is 4.21 Å². The molecule has 6 heteroatoms. The molecule has 1 aliphatic heterocycles. The van der Waals surface area contributed by atoms with Crippen LogP contribution >= 0.6 is 11.6 Å². The van der Waals surface area contributed by atoms with Gasteiger partial charge in [-0.15, -0.1) is 0 Å². The fourth-order valence-corrected chi connectivity index (χ4v) is 3.35. The maximum Gasteiger partial charge on any atom is 0.220 e. The van der Waals surface area contributed by atoms with Crippen LogP contribution in [-0.2, 0) is 10.8 Å². The minimum atomic E-state index is -1.14. The number of rotatable bonds is 3. The first-order chi connectivity index (χ1) is 7.65. The number of aromatic nitrogens is 2. The standard InChI is InChI=1S/C10H14ClN3OS/c1-7-4-9(11)14-10(13-7)16(15)6-8-2-3-12-5-8/h4,8,12H,2-3,5-6H2,1H3. The molecule has 0 radical (unpaired) electrons. The maximum absolute atomic E-state index is 12.0. The first-order valence-corrected chi connectivity index (χ1v) is 6.95. The molecule has 0 spiro atoms. The Morgan fingerprint density at radius 2 is 2.44 bits per heavy atom. The van der Waals surface area contributed by atoms with E-state index in [4.69, 9.17) is 11.6 Å². The van der Waals surface area contributed by atoms with E-state index in [9.17, 15) is 4.21 Å². The summed E-state index contributed by atoms with van der Waals surface area (Å²) >= 11 is 5.81. The van der Waals surface area contributed by atoms with Gasteiger partial charge in [-0.25, -0.2) is 9.97 Å². The monoisotopic (exact) mass is 259 g/mol. The normalized spacial score (nSPS) is 22.2. The Kier molecular flexibility index (Phi) is 3.89. The second-order valence-electron chi connectivity index (χ2n) is 3.99. The molecule has 1 saturated heterocycles. The third-order valence-electron chi connectivity index (χ3n) is 2.56. The van der Waals surface area contributed by atoms with Crippen molar-refractivity contribution in [1.29, 1.82) is 0 Å². The number of hydrogen-bond donors (Lipinski definition) is 1. The van der Waals surface area contributed by atoms with Crippen LogP contribution in [0.4, 0.5) is 0 Å². The predicted molar refractivity (Wildman–Crippen MR) is 64.0 cm³/mol. The summed E-state index contributed by atoms with van der Waals surface area (Å²) in [6, 6.07) is 1.67. The third-order valence-corrected chi connectivity index (χ3v) is 4.11. The first-order valence-electron chi connectivity index (χ1n) is 5.25. The summed E-state index contributed by atoms with van der Waals surface area (Å²) in [5, 5.41) is 3.97. The Morgan fingerprint density at radius 3 is 3.06 bits per heavy atom. The van der Waals surface area contributed by atoms with Crippen molar-refractivity contribution in [1.82, 2.24) is 15.3 Å². The Hall–Kier alpha value is -0.520. The predicted octanol–water partition coefficient (Wildman–Crippen LogP) is 1.16. The Bertz CT molecular complexity index is 387. The summed E-state index contributed by atoms with van der Waals surface area (Å²) in [6.07, 6.45) is 1.07. The van der Waals surface area contributed by atoms with Crippen LogP contribution in [-0.4, -0.2) is 33.0 Å². The molecule has 2 unspecified atom stereocenters. The molecule has 1 aliphatic rings. The van der Waals surface area contributed by atoms with Gasteiger partial charge in [0.15, 0.2) is 0 Å². The number of nitrogens with zero attached hydrogens (tertiary/aromatic N) is 2. The molecule has 1 aromatic heterocycles. The lowest BCUT2D eigenvalue weighted by Gasteiger charge is -2.07. The molecule has 4 nitrogen and oxygen atoms in total. The van der Waals surface area contributed by atoms with Crippen molar-refractivity contribution in [2.24, 2.45) is 5.92 Å². The van der Waals surface area contributed by atoms with E-state index in [0.29, 0.717) is 22.0 Å². The highest BCUT2D eigenvalue weighted by Gasteiger charge is 2.19. The van der Waals surface area contributed by atoms with Gasteiger partial charge in [-0.2, -0.15) is 0 Å². The lowest BCUT2D eigenvalue weighted by Crippen LogP contribution is -2.16. The van der Waals surface area contributed by atoms with Crippen molar-refractivity contribution in [2.75, 3.05) is 18.8 Å². The lowest BCUT2D eigenvalue weighted by molar-refractivity contribution is 0.627. The summed E-state index contributed by atoms with van der Waals surface area (Å²) in [5.41, 5.74) is 0.757. The maximum atomic E-state index is 12.0. The van der Waals surface area contributed by atoms with Crippen molar-refractivity contribution in [2.45, 2.75) is 18.5 Å². The molecule has 1 aromatic rings. The SMILES string of the molecule is Cc1cc(Cl)nc(S(=O)CC2CCNC2)n1. The van der Waals surface area contributed by atoms with Crippen molar-refractivity contribution >= 4 is 22.4 Å². The van der Waals surface area contributed by atoms with E-state index in [2.05, 4.69) is 15.3 Å². The van der Waals surface area contributed by atoms with Crippen LogP contribution in [0.3, 0.4) is 0 Å². The van der Waals surface area contributed by atoms with Gasteiger partial charge in [-0.1, -0.05) is 11.6 Å². The largest absolute Gasteiger partial charge is 0.316 e. The average Bonchev–Trinajstić information content (AvgIpc) is 2.68. The van der Waals surface area contributed by atoms with E-state index >= 15 is 0 Å². The van der Waals surface area contributed by atoms with E-state index in [1.54, 1.807) is 6.07 Å². The van der Waals surface area contributed by atoms with E-state index in [-0.39, 0.29) is 0 Å². The molecule has 1 fully saturated rings. The molecule has 2 heterocycles. The Balaban J connectivity index is 2.07. The molecular weight excluding hydrogens is 246 g/mol. The highest BCUT2D eigenvalue weighted by Crippen LogP contribution is 2.14. The minimum Gasteiger partial charge on any atom is -0.316 e. The zero-order valence-corrected chi connectivity index (χ0v) is 10.6. The van der Waals surface area contributed by atoms with E-state index in [0.717, 1.165) is 25.2 Å². The molecule has 2 atom stereocenters. The zero-order chi connectivity index (χ0) is 11.5.